The van der Waals surface area contributed by atoms with Crippen LogP contribution < -0.4 is 4.57 Å². The first-order valence-corrected chi connectivity index (χ1v) is 7.98. The highest BCUT2D eigenvalue weighted by atomic mass is 31.2. The minimum Gasteiger partial charge on any atom is -0.367 e. The first kappa shape index (κ1) is 15.5. The first-order valence-electron chi connectivity index (χ1n) is 4.75. The molecule has 1 rings (SSSR count). The summed E-state index contributed by atoms with van der Waals surface area (Å²) in [6.07, 6.45) is 2.20. The summed E-state index contributed by atoms with van der Waals surface area (Å²) in [5.74, 6) is 0. The second-order valence-corrected chi connectivity index (χ2v) is 7.92. The SMILES string of the molecule is C[n+]1ccc(CC(O)(P(=O)(O)O)P(=O)(O)O)cc1. The standard InChI is InChI=1S/C8H13NO7P2/c1-9-4-2-7(3-5-9)6-8(10,17(11,12)13)18(14,15)16/h2-5,10H,6H2,1H3,(H3-,11,12,13,14,15,16)/p+1. The van der Waals surface area contributed by atoms with Gasteiger partial charge in [0.05, 0.1) is 0 Å². The van der Waals surface area contributed by atoms with Gasteiger partial charge in [-0.2, -0.15) is 0 Å². The molecule has 0 aromatic carbocycles. The van der Waals surface area contributed by atoms with E-state index < -0.39 is 26.7 Å². The third-order valence-corrected chi connectivity index (χ3v) is 6.17. The van der Waals surface area contributed by atoms with Gasteiger partial charge in [0.25, 0.3) is 5.08 Å². The van der Waals surface area contributed by atoms with Gasteiger partial charge in [0.15, 0.2) is 12.4 Å². The van der Waals surface area contributed by atoms with Crippen molar-refractivity contribution in [1.29, 1.82) is 0 Å². The molecule has 0 aliphatic rings. The van der Waals surface area contributed by atoms with E-state index in [1.54, 1.807) is 11.6 Å². The van der Waals surface area contributed by atoms with E-state index in [4.69, 9.17) is 19.6 Å². The minimum absolute atomic E-state index is 0.197. The maximum absolute atomic E-state index is 11.1. The third kappa shape index (κ3) is 3.05. The maximum Gasteiger partial charge on any atom is 0.369 e. The number of aryl methyl sites for hydroxylation is 1. The van der Waals surface area contributed by atoms with Gasteiger partial charge in [0.1, 0.15) is 7.05 Å². The van der Waals surface area contributed by atoms with Crippen LogP contribution in [-0.4, -0.2) is 29.8 Å². The van der Waals surface area contributed by atoms with Gasteiger partial charge in [-0.3, -0.25) is 9.13 Å². The van der Waals surface area contributed by atoms with Crippen molar-refractivity contribution in [3.63, 3.8) is 0 Å². The highest BCUT2D eigenvalue weighted by molar-refractivity contribution is 7.72. The van der Waals surface area contributed by atoms with Crippen LogP contribution in [0.15, 0.2) is 24.5 Å². The molecule has 1 heterocycles. The zero-order chi connectivity index (χ0) is 14.2. The molecule has 0 fully saturated rings. The molecule has 8 nitrogen and oxygen atoms in total. The Kier molecular flexibility index (Phi) is 4.15. The molecule has 0 aliphatic carbocycles. The molecule has 102 valence electrons. The molecule has 0 saturated heterocycles. The second kappa shape index (κ2) is 4.83. The van der Waals surface area contributed by atoms with E-state index >= 15 is 0 Å². The average molecular weight is 298 g/mol. The average Bonchev–Trinajstić information content (AvgIpc) is 2.18. The molecule has 0 atom stereocenters. The number of nitrogens with zero attached hydrogens (tertiary/aromatic N) is 1. The molecule has 1 aromatic heterocycles. The normalized spacial score (nSPS) is 13.7. The fraction of sp³-hybridized carbons (Fsp3) is 0.375. The summed E-state index contributed by atoms with van der Waals surface area (Å²) in [7, 11) is -9.11. The van der Waals surface area contributed by atoms with Gasteiger partial charge in [-0.05, 0) is 5.56 Å². The summed E-state index contributed by atoms with van der Waals surface area (Å²) in [6, 6.07) is 2.80. The quantitative estimate of drug-likeness (QED) is 0.357. The number of hydrogen-bond donors (Lipinski definition) is 5. The molecule has 5 N–H and O–H groups in total. The van der Waals surface area contributed by atoms with E-state index in [9.17, 15) is 14.2 Å². The van der Waals surface area contributed by atoms with Gasteiger partial charge in [-0.25, -0.2) is 4.57 Å². The molecule has 0 radical (unpaired) electrons. The Labute approximate surface area is 103 Å². The third-order valence-electron chi connectivity index (χ3n) is 2.42. The molecule has 10 heteroatoms. The molecule has 0 unspecified atom stereocenters. The van der Waals surface area contributed by atoms with Gasteiger partial charge in [-0.1, -0.05) is 0 Å². The molecular formula is C8H14NO7P2+. The van der Waals surface area contributed by atoms with Crippen molar-refractivity contribution in [2.24, 2.45) is 7.05 Å². The van der Waals surface area contributed by atoms with Gasteiger partial charge in [-0.15, -0.1) is 0 Å². The van der Waals surface area contributed by atoms with Crippen LogP contribution in [0, 0.1) is 0 Å². The van der Waals surface area contributed by atoms with Crippen LogP contribution in [0.3, 0.4) is 0 Å². The Morgan fingerprint density at radius 1 is 1.11 bits per heavy atom. The summed E-state index contributed by atoms with van der Waals surface area (Å²) >= 11 is 0. The van der Waals surface area contributed by atoms with Crippen LogP contribution in [0.1, 0.15) is 5.56 Å². The van der Waals surface area contributed by atoms with Crippen LogP contribution in [-0.2, 0) is 22.6 Å². The fourth-order valence-electron chi connectivity index (χ4n) is 1.30. The lowest BCUT2D eigenvalue weighted by atomic mass is 10.2. The number of aromatic nitrogens is 1. The molecule has 0 spiro atoms. The van der Waals surface area contributed by atoms with E-state index in [-0.39, 0.29) is 5.56 Å². The summed E-state index contributed by atoms with van der Waals surface area (Å²) in [5.41, 5.74) is 0.197. The highest BCUT2D eigenvalue weighted by Crippen LogP contribution is 2.68. The van der Waals surface area contributed by atoms with Crippen molar-refractivity contribution >= 4 is 15.2 Å². The summed E-state index contributed by atoms with van der Waals surface area (Å²) in [4.78, 5) is 35.8. The van der Waals surface area contributed by atoms with Gasteiger partial charge < -0.3 is 24.7 Å². The zero-order valence-electron chi connectivity index (χ0n) is 9.41. The van der Waals surface area contributed by atoms with Crippen LogP contribution in [0.25, 0.3) is 0 Å². The monoisotopic (exact) mass is 298 g/mol. The van der Waals surface area contributed by atoms with E-state index in [0.29, 0.717) is 0 Å². The van der Waals surface area contributed by atoms with Crippen molar-refractivity contribution in [2.75, 3.05) is 0 Å². The molecule has 18 heavy (non-hydrogen) atoms. The Morgan fingerprint density at radius 2 is 1.50 bits per heavy atom. The Morgan fingerprint density at radius 3 is 1.83 bits per heavy atom. The van der Waals surface area contributed by atoms with Gasteiger partial charge in [0.2, 0.25) is 0 Å². The van der Waals surface area contributed by atoms with Gasteiger partial charge in [0, 0.05) is 18.6 Å². The van der Waals surface area contributed by atoms with Crippen LogP contribution >= 0.6 is 15.2 Å². The maximum atomic E-state index is 11.1. The van der Waals surface area contributed by atoms with Gasteiger partial charge >= 0.3 is 15.2 Å². The molecule has 0 amide bonds. The second-order valence-electron chi connectivity index (χ2n) is 3.91. The fourth-order valence-corrected chi connectivity index (χ4v) is 3.43. The van der Waals surface area contributed by atoms with E-state index in [1.165, 1.54) is 24.5 Å². The van der Waals surface area contributed by atoms with Crippen molar-refractivity contribution in [3.8, 4) is 0 Å². The molecule has 1 aromatic rings. The highest BCUT2D eigenvalue weighted by Gasteiger charge is 2.59. The molecular weight excluding hydrogens is 284 g/mol. The van der Waals surface area contributed by atoms with Crippen molar-refractivity contribution < 1.29 is 38.4 Å². The molecule has 0 saturated carbocycles. The first-order chi connectivity index (χ1) is 7.97. The van der Waals surface area contributed by atoms with Crippen LogP contribution in [0.5, 0.6) is 0 Å². The summed E-state index contributed by atoms with van der Waals surface area (Å²) in [6.45, 7) is 0. The minimum atomic E-state index is -5.40. The molecule has 0 bridgehead atoms. The number of rotatable bonds is 4. The lowest BCUT2D eigenvalue weighted by molar-refractivity contribution is -0.671. The van der Waals surface area contributed by atoms with E-state index in [0.717, 1.165) is 0 Å². The topological polar surface area (TPSA) is 139 Å². The number of aliphatic hydroxyl groups is 1. The lowest BCUT2D eigenvalue weighted by Gasteiger charge is -2.29. The van der Waals surface area contributed by atoms with Crippen LogP contribution in [0.4, 0.5) is 0 Å². The zero-order valence-corrected chi connectivity index (χ0v) is 11.2. The predicted octanol–water partition coefficient (Wildman–Crippen LogP) is -0.945. The predicted molar refractivity (Wildman–Crippen MR) is 60.4 cm³/mol. The van der Waals surface area contributed by atoms with Crippen LogP contribution in [0.2, 0.25) is 0 Å². The van der Waals surface area contributed by atoms with E-state index in [1.807, 2.05) is 0 Å². The number of pyridine rings is 1. The van der Waals surface area contributed by atoms with Crippen molar-refractivity contribution in [1.82, 2.24) is 0 Å². The number of hydrogen-bond acceptors (Lipinski definition) is 3. The Balaban J connectivity index is 3.20. The Hall–Kier alpha value is -0.590. The van der Waals surface area contributed by atoms with Crippen molar-refractivity contribution in [3.05, 3.63) is 30.1 Å². The largest absolute Gasteiger partial charge is 0.369 e. The summed E-state index contributed by atoms with van der Waals surface area (Å²) < 4.78 is 23.9. The lowest BCUT2D eigenvalue weighted by Crippen LogP contribution is -2.32. The van der Waals surface area contributed by atoms with Crippen molar-refractivity contribution in [2.45, 2.75) is 11.5 Å². The smallest absolute Gasteiger partial charge is 0.367 e. The summed E-state index contributed by atoms with van der Waals surface area (Å²) in [5, 5.41) is 6.27. The van der Waals surface area contributed by atoms with E-state index in [2.05, 4.69) is 0 Å². The molecule has 0 aliphatic heterocycles. The Bertz CT molecular complexity index is 495.